The third kappa shape index (κ3) is 3.93. The van der Waals surface area contributed by atoms with Crippen LogP contribution in [0.25, 0.3) is 0 Å². The molecule has 0 bridgehead atoms. The average molecular weight is 364 g/mol. The van der Waals surface area contributed by atoms with Crippen LogP contribution in [-0.2, 0) is 10.2 Å². The molecule has 1 heterocycles. The molecule has 2 aliphatic rings. The van der Waals surface area contributed by atoms with E-state index in [1.807, 2.05) is 55.5 Å². The summed E-state index contributed by atoms with van der Waals surface area (Å²) in [4.78, 5) is 15.7. The van der Waals surface area contributed by atoms with Gasteiger partial charge in [0.1, 0.15) is 17.3 Å². The molecule has 0 amide bonds. The van der Waals surface area contributed by atoms with Gasteiger partial charge in [-0.15, -0.1) is 0 Å². The molecule has 1 aliphatic carbocycles. The van der Waals surface area contributed by atoms with Crippen molar-refractivity contribution < 1.29 is 9.53 Å². The van der Waals surface area contributed by atoms with Crippen molar-refractivity contribution in [1.82, 2.24) is 4.90 Å². The normalized spacial score (nSPS) is 19.6. The number of piperidine rings is 1. The lowest BCUT2D eigenvalue weighted by Crippen LogP contribution is -2.47. The van der Waals surface area contributed by atoms with Crippen molar-refractivity contribution in [2.45, 2.75) is 44.4 Å². The maximum absolute atomic E-state index is 13.2. The van der Waals surface area contributed by atoms with Crippen LogP contribution in [-0.4, -0.2) is 30.3 Å². The molecule has 27 heavy (non-hydrogen) atoms. The molecule has 0 atom stereocenters. The molecule has 0 radical (unpaired) electrons. The molecular weight excluding hydrogens is 334 g/mol. The summed E-state index contributed by atoms with van der Waals surface area (Å²) >= 11 is 0. The van der Waals surface area contributed by atoms with Crippen LogP contribution in [0.1, 0.15) is 44.6 Å². The minimum Gasteiger partial charge on any atom is -0.457 e. The van der Waals surface area contributed by atoms with Gasteiger partial charge in [-0.2, -0.15) is 0 Å². The third-order valence-corrected chi connectivity index (χ3v) is 6.15. The zero-order valence-electron chi connectivity index (χ0n) is 16.2. The van der Waals surface area contributed by atoms with Gasteiger partial charge in [0, 0.05) is 18.5 Å². The fourth-order valence-corrected chi connectivity index (χ4v) is 4.39. The third-order valence-electron chi connectivity index (χ3n) is 6.15. The number of hydrogen-bond donors (Lipinski definition) is 0. The molecule has 0 spiro atoms. The van der Waals surface area contributed by atoms with Crippen LogP contribution in [0, 0.1) is 5.92 Å². The number of ether oxygens (including phenoxy) is 1. The first-order chi connectivity index (χ1) is 13.2. The van der Waals surface area contributed by atoms with E-state index in [0.29, 0.717) is 12.2 Å². The maximum atomic E-state index is 13.2. The number of nitrogens with zero attached hydrogens (tertiary/aromatic N) is 1. The molecule has 2 fully saturated rings. The number of rotatable bonds is 7. The monoisotopic (exact) mass is 363 g/mol. The summed E-state index contributed by atoms with van der Waals surface area (Å²) < 4.78 is 6.22. The van der Waals surface area contributed by atoms with E-state index in [-0.39, 0.29) is 0 Å². The lowest BCUT2D eigenvalue weighted by atomic mass is 9.68. The van der Waals surface area contributed by atoms with Crippen molar-refractivity contribution in [2.75, 3.05) is 19.6 Å². The van der Waals surface area contributed by atoms with Crippen LogP contribution in [0.15, 0.2) is 54.6 Å². The quantitative estimate of drug-likeness (QED) is 0.677. The summed E-state index contributed by atoms with van der Waals surface area (Å²) in [5.41, 5.74) is 0.645. The number of likely N-dealkylation sites (tertiary alicyclic amines) is 1. The zero-order valence-corrected chi connectivity index (χ0v) is 16.2. The second-order valence-electron chi connectivity index (χ2n) is 8.01. The molecule has 2 aromatic rings. The van der Waals surface area contributed by atoms with E-state index in [4.69, 9.17) is 4.74 Å². The molecular formula is C24H29NO2. The molecule has 142 valence electrons. The summed E-state index contributed by atoms with van der Waals surface area (Å²) in [5.74, 6) is 2.88. The summed E-state index contributed by atoms with van der Waals surface area (Å²) in [6.45, 7) is 5.20. The maximum Gasteiger partial charge on any atom is 0.143 e. The number of carbonyl (C=O) groups excluding carboxylic acids is 1. The average Bonchev–Trinajstić information content (AvgIpc) is 3.53. The number of para-hydroxylation sites is 2. The minimum absolute atomic E-state index is 0.345. The van der Waals surface area contributed by atoms with E-state index in [1.54, 1.807) is 0 Å². The number of carbonyl (C=O) groups is 1. The topological polar surface area (TPSA) is 29.5 Å². The Hall–Kier alpha value is -2.13. The van der Waals surface area contributed by atoms with Crippen LogP contribution in [0.3, 0.4) is 0 Å². The van der Waals surface area contributed by atoms with Crippen LogP contribution >= 0.6 is 0 Å². The molecule has 2 aromatic carbocycles. The van der Waals surface area contributed by atoms with Gasteiger partial charge in [-0.05, 0) is 62.9 Å². The van der Waals surface area contributed by atoms with Crippen LogP contribution in [0.2, 0.25) is 0 Å². The molecule has 1 saturated carbocycles. The Morgan fingerprint density at radius 3 is 2.37 bits per heavy atom. The van der Waals surface area contributed by atoms with Gasteiger partial charge >= 0.3 is 0 Å². The van der Waals surface area contributed by atoms with Crippen LogP contribution in [0.4, 0.5) is 0 Å². The number of Topliss-reactive ketones (excluding diaryl/α,β-unsaturated/α-hetero) is 1. The highest BCUT2D eigenvalue weighted by atomic mass is 16.5. The molecule has 0 unspecified atom stereocenters. The summed E-state index contributed by atoms with van der Waals surface area (Å²) in [6, 6.07) is 18.0. The second kappa shape index (κ2) is 7.85. The smallest absolute Gasteiger partial charge is 0.143 e. The summed E-state index contributed by atoms with van der Waals surface area (Å²) in [6.07, 6.45) is 5.11. The Balaban J connectivity index is 1.62. The van der Waals surface area contributed by atoms with Crippen LogP contribution in [0.5, 0.6) is 11.5 Å². The van der Waals surface area contributed by atoms with E-state index in [0.717, 1.165) is 48.9 Å². The van der Waals surface area contributed by atoms with Gasteiger partial charge in [-0.3, -0.25) is 4.79 Å². The Kier molecular flexibility index (Phi) is 5.31. The van der Waals surface area contributed by atoms with Crippen molar-refractivity contribution in [3.8, 4) is 11.5 Å². The molecule has 1 saturated heterocycles. The highest BCUT2D eigenvalue weighted by molar-refractivity contribution is 5.91. The summed E-state index contributed by atoms with van der Waals surface area (Å²) in [5, 5.41) is 0. The minimum atomic E-state index is -0.416. The van der Waals surface area contributed by atoms with Crippen molar-refractivity contribution in [1.29, 1.82) is 0 Å². The van der Waals surface area contributed by atoms with Gasteiger partial charge in [-0.1, -0.05) is 43.3 Å². The van der Waals surface area contributed by atoms with E-state index in [9.17, 15) is 4.79 Å². The van der Waals surface area contributed by atoms with Crippen molar-refractivity contribution in [3.63, 3.8) is 0 Å². The first kappa shape index (κ1) is 18.2. The Morgan fingerprint density at radius 1 is 1.04 bits per heavy atom. The second-order valence-corrected chi connectivity index (χ2v) is 8.01. The highest BCUT2D eigenvalue weighted by Gasteiger charge is 2.44. The molecule has 3 heteroatoms. The Morgan fingerprint density at radius 2 is 1.70 bits per heavy atom. The van der Waals surface area contributed by atoms with E-state index >= 15 is 0 Å². The van der Waals surface area contributed by atoms with Gasteiger partial charge in [-0.25, -0.2) is 0 Å². The first-order valence-electron chi connectivity index (χ1n) is 10.3. The first-order valence-corrected chi connectivity index (χ1v) is 10.3. The number of hydrogen-bond acceptors (Lipinski definition) is 3. The van der Waals surface area contributed by atoms with Crippen molar-refractivity contribution in [3.05, 3.63) is 60.2 Å². The van der Waals surface area contributed by atoms with Crippen molar-refractivity contribution in [2.24, 2.45) is 5.92 Å². The molecule has 3 nitrogen and oxygen atoms in total. The van der Waals surface area contributed by atoms with Gasteiger partial charge in [0.15, 0.2) is 0 Å². The fraction of sp³-hybridized carbons (Fsp3) is 0.458. The number of benzene rings is 2. The van der Waals surface area contributed by atoms with E-state index in [1.165, 1.54) is 19.4 Å². The fourth-order valence-electron chi connectivity index (χ4n) is 4.39. The van der Waals surface area contributed by atoms with E-state index in [2.05, 4.69) is 11.0 Å². The van der Waals surface area contributed by atoms with Gasteiger partial charge in [0.2, 0.25) is 0 Å². The Labute approximate surface area is 162 Å². The standard InChI is InChI=1S/C24H29NO2/c1-2-23(26)24(14-16-25(17-15-24)18-19-12-13-19)21-10-6-7-11-22(21)27-20-8-4-3-5-9-20/h3-11,19H,2,12-18H2,1H3. The zero-order chi connectivity index (χ0) is 18.7. The largest absolute Gasteiger partial charge is 0.457 e. The van der Waals surface area contributed by atoms with Gasteiger partial charge < -0.3 is 9.64 Å². The number of ketones is 1. The molecule has 1 aliphatic heterocycles. The van der Waals surface area contributed by atoms with Gasteiger partial charge in [0.05, 0.1) is 5.41 Å². The molecule has 0 N–H and O–H groups in total. The van der Waals surface area contributed by atoms with Crippen LogP contribution < -0.4 is 4.74 Å². The predicted molar refractivity (Wildman–Crippen MR) is 108 cm³/mol. The highest BCUT2D eigenvalue weighted by Crippen LogP contribution is 2.43. The Bertz CT molecular complexity index is 774. The lowest BCUT2D eigenvalue weighted by molar-refractivity contribution is -0.126. The predicted octanol–water partition coefficient (Wildman–Crippen LogP) is 5.20. The summed E-state index contributed by atoms with van der Waals surface area (Å²) in [7, 11) is 0. The van der Waals surface area contributed by atoms with Gasteiger partial charge in [0.25, 0.3) is 0 Å². The lowest BCUT2D eigenvalue weighted by Gasteiger charge is -2.41. The van der Waals surface area contributed by atoms with E-state index < -0.39 is 5.41 Å². The SMILES string of the molecule is CCC(=O)C1(c2ccccc2Oc2ccccc2)CCN(CC2CC2)CC1. The van der Waals surface area contributed by atoms with Crippen molar-refractivity contribution >= 4 is 5.78 Å². The molecule has 4 rings (SSSR count). The molecule has 0 aromatic heterocycles.